The Morgan fingerprint density at radius 3 is 3.00 bits per heavy atom. The lowest BCUT2D eigenvalue weighted by Crippen LogP contribution is -2.51. The van der Waals surface area contributed by atoms with E-state index in [0.29, 0.717) is 23.1 Å². The first-order chi connectivity index (χ1) is 9.52. The lowest BCUT2D eigenvalue weighted by Gasteiger charge is -2.34. The van der Waals surface area contributed by atoms with E-state index in [4.69, 9.17) is 16.3 Å². The molecule has 1 saturated heterocycles. The number of halogens is 1. The van der Waals surface area contributed by atoms with Crippen LogP contribution in [0.1, 0.15) is 37.0 Å². The van der Waals surface area contributed by atoms with E-state index < -0.39 is 0 Å². The first-order valence-electron chi connectivity index (χ1n) is 6.84. The molecule has 2 rings (SSSR count). The minimum atomic E-state index is -0.316. The third-order valence-electron chi connectivity index (χ3n) is 3.27. The van der Waals surface area contributed by atoms with Crippen molar-refractivity contribution in [2.75, 3.05) is 25.1 Å². The number of pyridine rings is 1. The van der Waals surface area contributed by atoms with Gasteiger partial charge < -0.3 is 15.4 Å². The number of aromatic nitrogens is 1. The summed E-state index contributed by atoms with van der Waals surface area (Å²) in [6.45, 7) is 5.98. The minimum Gasteiger partial charge on any atom is -0.379 e. The van der Waals surface area contributed by atoms with Crippen molar-refractivity contribution in [1.82, 2.24) is 10.3 Å². The molecule has 2 N–H and O–H groups in total. The SMILES string of the molecule is CCNc1cc(C(=O)NC2(C)CCCOC2)cc(Cl)n1. The van der Waals surface area contributed by atoms with E-state index in [2.05, 4.69) is 15.6 Å². The fraction of sp³-hybridized carbons (Fsp3) is 0.571. The maximum absolute atomic E-state index is 12.3. The van der Waals surface area contributed by atoms with Crippen LogP contribution < -0.4 is 10.6 Å². The van der Waals surface area contributed by atoms with Crippen LogP contribution >= 0.6 is 11.6 Å². The highest BCUT2D eigenvalue weighted by atomic mass is 35.5. The fourth-order valence-corrected chi connectivity index (χ4v) is 2.49. The van der Waals surface area contributed by atoms with Gasteiger partial charge in [0.25, 0.3) is 5.91 Å². The average Bonchev–Trinajstić information content (AvgIpc) is 2.38. The summed E-state index contributed by atoms with van der Waals surface area (Å²) in [4.78, 5) is 16.5. The van der Waals surface area contributed by atoms with Crippen molar-refractivity contribution in [2.45, 2.75) is 32.2 Å². The Kier molecular flexibility index (Phi) is 4.83. The predicted molar refractivity (Wildman–Crippen MR) is 79.3 cm³/mol. The quantitative estimate of drug-likeness (QED) is 0.838. The van der Waals surface area contributed by atoms with Crippen molar-refractivity contribution in [3.63, 3.8) is 0 Å². The number of nitrogens with one attached hydrogen (secondary N) is 2. The van der Waals surface area contributed by atoms with E-state index in [9.17, 15) is 4.79 Å². The molecule has 0 radical (unpaired) electrons. The normalized spacial score (nSPS) is 22.4. The van der Waals surface area contributed by atoms with Gasteiger partial charge in [0.1, 0.15) is 11.0 Å². The lowest BCUT2D eigenvalue weighted by atomic mass is 9.94. The van der Waals surface area contributed by atoms with Gasteiger partial charge in [-0.05, 0) is 38.8 Å². The summed E-state index contributed by atoms with van der Waals surface area (Å²) in [7, 11) is 0. The molecule has 0 saturated carbocycles. The molecule has 1 aliphatic heterocycles. The second kappa shape index (κ2) is 6.41. The van der Waals surface area contributed by atoms with Crippen LogP contribution in [0.3, 0.4) is 0 Å². The topological polar surface area (TPSA) is 63.2 Å². The van der Waals surface area contributed by atoms with Gasteiger partial charge in [0.2, 0.25) is 0 Å². The Labute approximate surface area is 124 Å². The standard InChI is InChI=1S/C14H20ClN3O2/c1-3-16-12-8-10(7-11(15)17-12)13(19)18-14(2)5-4-6-20-9-14/h7-8H,3-6,9H2,1-2H3,(H,16,17)(H,18,19). The molecule has 5 nitrogen and oxygen atoms in total. The third-order valence-corrected chi connectivity index (χ3v) is 3.46. The summed E-state index contributed by atoms with van der Waals surface area (Å²) < 4.78 is 5.44. The molecule has 1 atom stereocenters. The van der Waals surface area contributed by atoms with Gasteiger partial charge in [0.15, 0.2) is 0 Å². The van der Waals surface area contributed by atoms with Gasteiger partial charge >= 0.3 is 0 Å². The van der Waals surface area contributed by atoms with E-state index >= 15 is 0 Å². The van der Waals surface area contributed by atoms with Crippen LogP contribution in [0.15, 0.2) is 12.1 Å². The average molecular weight is 298 g/mol. The first kappa shape index (κ1) is 15.1. The van der Waals surface area contributed by atoms with Gasteiger partial charge in [0, 0.05) is 18.7 Å². The van der Waals surface area contributed by atoms with Crippen LogP contribution in [0.25, 0.3) is 0 Å². The second-order valence-corrected chi connectivity index (χ2v) is 5.65. The molecule has 0 aromatic carbocycles. The molecule has 6 heteroatoms. The third kappa shape index (κ3) is 3.84. The summed E-state index contributed by atoms with van der Waals surface area (Å²) in [6, 6.07) is 3.28. The minimum absolute atomic E-state index is 0.151. The van der Waals surface area contributed by atoms with Crippen LogP contribution in [0.4, 0.5) is 5.82 Å². The maximum Gasteiger partial charge on any atom is 0.252 e. The Morgan fingerprint density at radius 2 is 2.35 bits per heavy atom. The van der Waals surface area contributed by atoms with E-state index in [0.717, 1.165) is 26.0 Å². The van der Waals surface area contributed by atoms with Crippen LogP contribution in [0.2, 0.25) is 5.15 Å². The fourth-order valence-electron chi connectivity index (χ4n) is 2.28. The van der Waals surface area contributed by atoms with Gasteiger partial charge in [-0.25, -0.2) is 4.98 Å². The van der Waals surface area contributed by atoms with Crippen molar-refractivity contribution in [3.05, 3.63) is 22.8 Å². The molecule has 0 bridgehead atoms. The molecule has 1 aliphatic rings. The molecule has 1 amide bonds. The Balaban J connectivity index is 2.12. The lowest BCUT2D eigenvalue weighted by molar-refractivity contribution is 0.0272. The van der Waals surface area contributed by atoms with Crippen molar-refractivity contribution < 1.29 is 9.53 Å². The first-order valence-corrected chi connectivity index (χ1v) is 7.22. The molecule has 1 aromatic heterocycles. The number of rotatable bonds is 4. The van der Waals surface area contributed by atoms with Gasteiger partial charge in [-0.15, -0.1) is 0 Å². The molecule has 20 heavy (non-hydrogen) atoms. The molecule has 0 spiro atoms. The van der Waals surface area contributed by atoms with Crippen molar-refractivity contribution in [3.8, 4) is 0 Å². The number of nitrogens with zero attached hydrogens (tertiary/aromatic N) is 1. The molecule has 110 valence electrons. The van der Waals surface area contributed by atoms with Gasteiger partial charge in [-0.2, -0.15) is 0 Å². The second-order valence-electron chi connectivity index (χ2n) is 5.27. The zero-order valence-electron chi connectivity index (χ0n) is 11.8. The van der Waals surface area contributed by atoms with E-state index in [1.807, 2.05) is 13.8 Å². The molecule has 0 aliphatic carbocycles. The summed E-state index contributed by atoms with van der Waals surface area (Å²) in [5, 5.41) is 6.39. The summed E-state index contributed by atoms with van der Waals surface area (Å²) in [5.41, 5.74) is 0.191. The van der Waals surface area contributed by atoms with Crippen LogP contribution in [0.5, 0.6) is 0 Å². The number of carbonyl (C=O) groups excluding carboxylic acids is 1. The maximum atomic E-state index is 12.3. The molecule has 1 aromatic rings. The largest absolute Gasteiger partial charge is 0.379 e. The Bertz CT molecular complexity index is 487. The predicted octanol–water partition coefficient (Wildman–Crippen LogP) is 2.47. The summed E-state index contributed by atoms with van der Waals surface area (Å²) in [5.74, 6) is 0.455. The van der Waals surface area contributed by atoms with E-state index in [1.165, 1.54) is 0 Å². The molecule has 1 unspecified atom stereocenters. The zero-order chi connectivity index (χ0) is 14.6. The molecular formula is C14H20ClN3O2. The smallest absolute Gasteiger partial charge is 0.252 e. The van der Waals surface area contributed by atoms with Gasteiger partial charge in [-0.3, -0.25) is 4.79 Å². The van der Waals surface area contributed by atoms with Crippen LogP contribution in [-0.4, -0.2) is 36.2 Å². The highest BCUT2D eigenvalue weighted by Crippen LogP contribution is 2.20. The van der Waals surface area contributed by atoms with Crippen molar-refractivity contribution >= 4 is 23.3 Å². The summed E-state index contributed by atoms with van der Waals surface area (Å²) in [6.07, 6.45) is 1.87. The number of hydrogen-bond acceptors (Lipinski definition) is 4. The van der Waals surface area contributed by atoms with Crippen LogP contribution in [-0.2, 0) is 4.74 Å². The highest BCUT2D eigenvalue weighted by Gasteiger charge is 2.29. The molecule has 1 fully saturated rings. The van der Waals surface area contributed by atoms with Crippen LogP contribution in [0, 0.1) is 0 Å². The number of carbonyl (C=O) groups is 1. The molecule has 2 heterocycles. The number of amides is 1. The Hall–Kier alpha value is -1.33. The van der Waals surface area contributed by atoms with E-state index in [1.54, 1.807) is 12.1 Å². The highest BCUT2D eigenvalue weighted by molar-refractivity contribution is 6.29. The number of ether oxygens (including phenoxy) is 1. The molecular weight excluding hydrogens is 278 g/mol. The van der Waals surface area contributed by atoms with E-state index in [-0.39, 0.29) is 11.4 Å². The number of hydrogen-bond donors (Lipinski definition) is 2. The number of anilines is 1. The summed E-state index contributed by atoms with van der Waals surface area (Å²) >= 11 is 5.95. The van der Waals surface area contributed by atoms with Crippen molar-refractivity contribution in [1.29, 1.82) is 0 Å². The Morgan fingerprint density at radius 1 is 1.55 bits per heavy atom. The zero-order valence-corrected chi connectivity index (χ0v) is 12.6. The van der Waals surface area contributed by atoms with Gasteiger partial charge in [0.05, 0.1) is 12.1 Å². The van der Waals surface area contributed by atoms with Gasteiger partial charge in [-0.1, -0.05) is 11.6 Å². The monoisotopic (exact) mass is 297 g/mol. The van der Waals surface area contributed by atoms with Crippen molar-refractivity contribution in [2.24, 2.45) is 0 Å².